The van der Waals surface area contributed by atoms with Gasteiger partial charge < -0.3 is 5.11 Å². The minimum absolute atomic E-state index is 0.00564. The van der Waals surface area contributed by atoms with Crippen LogP contribution >= 0.6 is 0 Å². The van der Waals surface area contributed by atoms with Crippen LogP contribution in [-0.4, -0.2) is 5.11 Å². The smallest absolute Gasteiger partial charge is 0.149 e. The molecule has 15 heavy (non-hydrogen) atoms. The molecule has 0 fully saturated rings. The van der Waals surface area contributed by atoms with Gasteiger partial charge in [-0.25, -0.2) is 0 Å². The highest BCUT2D eigenvalue weighted by Gasteiger charge is 2.03. The predicted octanol–water partition coefficient (Wildman–Crippen LogP) is 3.00. The average Bonchev–Trinajstić information content (AvgIpc) is 2.26. The Hall–Kier alpha value is -2.04. The number of hydrogen-bond acceptors (Lipinski definition) is 5. The Morgan fingerprint density at radius 2 is 2.13 bits per heavy atom. The molecule has 1 aromatic carbocycles. The monoisotopic (exact) mass is 206 g/mol. The van der Waals surface area contributed by atoms with Gasteiger partial charge in [-0.1, -0.05) is 12.6 Å². The number of rotatable bonds is 5. The Morgan fingerprint density at radius 1 is 1.40 bits per heavy atom. The Morgan fingerprint density at radius 3 is 2.67 bits per heavy atom. The number of hydrogen-bond donors (Lipinski definition) is 1. The number of phenols is 1. The van der Waals surface area contributed by atoms with Crippen LogP contribution in [0.15, 0.2) is 40.8 Å². The molecule has 0 atom stereocenters. The van der Waals surface area contributed by atoms with Gasteiger partial charge in [-0.05, 0) is 40.9 Å². The van der Waals surface area contributed by atoms with Crippen molar-refractivity contribution in [3.05, 3.63) is 45.9 Å². The van der Waals surface area contributed by atoms with Crippen molar-refractivity contribution in [3.8, 4) is 5.75 Å². The van der Waals surface area contributed by atoms with E-state index in [4.69, 9.17) is 0 Å². The second kappa shape index (κ2) is 4.99. The van der Waals surface area contributed by atoms with Gasteiger partial charge in [0.1, 0.15) is 11.4 Å². The zero-order valence-electron chi connectivity index (χ0n) is 8.01. The largest absolute Gasteiger partial charge is 0.506 e. The maximum atomic E-state index is 10.2. The molecule has 1 N–H and O–H groups in total. The first-order valence-electron chi connectivity index (χ1n) is 4.33. The van der Waals surface area contributed by atoms with Crippen molar-refractivity contribution < 1.29 is 5.11 Å². The molecule has 78 valence electrons. The summed E-state index contributed by atoms with van der Waals surface area (Å²) in [5, 5.41) is 14.6. The first kappa shape index (κ1) is 11.0. The molecule has 0 spiro atoms. The molecule has 5 heteroatoms. The van der Waals surface area contributed by atoms with Gasteiger partial charge in [-0.15, -0.1) is 9.81 Å². The van der Waals surface area contributed by atoms with Gasteiger partial charge in [0.2, 0.25) is 0 Å². The van der Waals surface area contributed by atoms with Crippen LogP contribution in [0, 0.1) is 9.81 Å². The van der Waals surface area contributed by atoms with Crippen molar-refractivity contribution in [1.82, 2.24) is 0 Å². The van der Waals surface area contributed by atoms with Crippen LogP contribution in [0.5, 0.6) is 5.75 Å². The summed E-state index contributed by atoms with van der Waals surface area (Å²) in [5.41, 5.74) is 1.06. The van der Waals surface area contributed by atoms with E-state index in [2.05, 4.69) is 16.9 Å². The molecule has 1 aromatic rings. The van der Waals surface area contributed by atoms with Gasteiger partial charge in [-0.3, -0.25) is 0 Å². The third-order valence-corrected chi connectivity index (χ3v) is 1.97. The van der Waals surface area contributed by atoms with Gasteiger partial charge in [0.15, 0.2) is 0 Å². The van der Waals surface area contributed by atoms with Crippen LogP contribution in [0.1, 0.15) is 12.0 Å². The fourth-order valence-corrected chi connectivity index (χ4v) is 1.14. The van der Waals surface area contributed by atoms with E-state index in [0.29, 0.717) is 12.8 Å². The minimum Gasteiger partial charge on any atom is -0.506 e. The summed E-state index contributed by atoms with van der Waals surface area (Å²) >= 11 is 0. The maximum absolute atomic E-state index is 10.2. The molecule has 0 aliphatic carbocycles. The molecule has 0 unspecified atom stereocenters. The molecular formula is C10H10N2O3. The molecule has 0 saturated carbocycles. The topological polar surface area (TPSA) is 79.1 Å². The zero-order valence-corrected chi connectivity index (χ0v) is 8.01. The van der Waals surface area contributed by atoms with Crippen molar-refractivity contribution in [2.24, 2.45) is 10.4 Å². The van der Waals surface area contributed by atoms with E-state index in [-0.39, 0.29) is 17.1 Å². The summed E-state index contributed by atoms with van der Waals surface area (Å²) in [6.45, 7) is 3.43. The Kier molecular flexibility index (Phi) is 3.68. The molecule has 5 nitrogen and oxygen atoms in total. The summed E-state index contributed by atoms with van der Waals surface area (Å²) in [7, 11) is 0. The van der Waals surface area contributed by atoms with Crippen LogP contribution in [-0.2, 0) is 6.42 Å². The van der Waals surface area contributed by atoms with Crippen LogP contribution in [0.3, 0.4) is 0 Å². The first-order chi connectivity index (χ1) is 7.17. The lowest BCUT2D eigenvalue weighted by Crippen LogP contribution is -1.86. The van der Waals surface area contributed by atoms with E-state index in [9.17, 15) is 14.9 Å². The van der Waals surface area contributed by atoms with Crippen molar-refractivity contribution in [3.63, 3.8) is 0 Å². The van der Waals surface area contributed by atoms with E-state index in [1.165, 1.54) is 12.1 Å². The average molecular weight is 206 g/mol. The fraction of sp³-hybridized carbons (Fsp3) is 0.200. The van der Waals surface area contributed by atoms with Gasteiger partial charge in [0.25, 0.3) is 0 Å². The number of allylic oxidation sites excluding steroid dienone is 1. The molecule has 0 radical (unpaired) electrons. The van der Waals surface area contributed by atoms with Crippen molar-refractivity contribution in [1.29, 1.82) is 0 Å². The number of benzene rings is 1. The van der Waals surface area contributed by atoms with Gasteiger partial charge in [0, 0.05) is 0 Å². The first-order valence-corrected chi connectivity index (χ1v) is 4.33. The highest BCUT2D eigenvalue weighted by atomic mass is 16.3. The number of nitroso groups, excluding NO2 is 2. The number of phenolic OH excluding ortho intramolecular Hbond substituents is 1. The highest BCUT2D eigenvalue weighted by molar-refractivity contribution is 5.52. The van der Waals surface area contributed by atoms with Gasteiger partial charge in [-0.2, -0.15) is 0 Å². The lowest BCUT2D eigenvalue weighted by atomic mass is 10.1. The van der Waals surface area contributed by atoms with Crippen molar-refractivity contribution in [2.45, 2.75) is 12.8 Å². The molecule has 1 rings (SSSR count). The Balaban J connectivity index is 2.71. The highest BCUT2D eigenvalue weighted by Crippen LogP contribution is 2.27. The molecule has 0 saturated heterocycles. The van der Waals surface area contributed by atoms with Crippen molar-refractivity contribution >= 4 is 5.69 Å². The molecular weight excluding hydrogens is 196 g/mol. The van der Waals surface area contributed by atoms with E-state index in [0.717, 1.165) is 5.56 Å². The summed E-state index contributed by atoms with van der Waals surface area (Å²) in [4.78, 5) is 20.2. The minimum atomic E-state index is -0.160. The predicted molar refractivity (Wildman–Crippen MR) is 56.8 cm³/mol. The molecule has 0 aliphatic heterocycles. The van der Waals surface area contributed by atoms with Crippen LogP contribution in [0.2, 0.25) is 0 Å². The van der Waals surface area contributed by atoms with Gasteiger partial charge >= 0.3 is 0 Å². The molecule has 0 aliphatic rings. The SMILES string of the molecule is C=C(CCc1ccc(N=O)c(O)c1)N=O. The summed E-state index contributed by atoms with van der Waals surface area (Å²) in [5.74, 6) is -0.160. The van der Waals surface area contributed by atoms with E-state index in [1.54, 1.807) is 6.07 Å². The molecule has 0 heterocycles. The van der Waals surface area contributed by atoms with Crippen LogP contribution in [0.4, 0.5) is 5.69 Å². The van der Waals surface area contributed by atoms with E-state index >= 15 is 0 Å². The van der Waals surface area contributed by atoms with Crippen molar-refractivity contribution in [2.75, 3.05) is 0 Å². The number of aromatic hydroxyl groups is 1. The molecule has 0 bridgehead atoms. The van der Waals surface area contributed by atoms with E-state index in [1.807, 2.05) is 0 Å². The second-order valence-corrected chi connectivity index (χ2v) is 3.07. The molecule has 0 amide bonds. The second-order valence-electron chi connectivity index (χ2n) is 3.07. The third-order valence-electron chi connectivity index (χ3n) is 1.97. The van der Waals surface area contributed by atoms with Crippen LogP contribution < -0.4 is 0 Å². The zero-order chi connectivity index (χ0) is 11.3. The number of aryl methyl sites for hydroxylation is 1. The maximum Gasteiger partial charge on any atom is 0.149 e. The fourth-order valence-electron chi connectivity index (χ4n) is 1.14. The summed E-state index contributed by atoms with van der Waals surface area (Å²) in [6, 6.07) is 4.53. The molecule has 0 aromatic heterocycles. The normalized spacial score (nSPS) is 9.60. The van der Waals surface area contributed by atoms with Gasteiger partial charge in [0.05, 0.1) is 5.70 Å². The third kappa shape index (κ3) is 2.98. The standard InChI is InChI=1S/C10H10N2O3/c1-7(11-14)2-3-8-4-5-9(12-15)10(13)6-8/h4-6,13H,1-3H2. The number of nitrogens with zero attached hydrogens (tertiary/aromatic N) is 2. The van der Waals surface area contributed by atoms with Crippen LogP contribution in [0.25, 0.3) is 0 Å². The lowest BCUT2D eigenvalue weighted by Gasteiger charge is -2.01. The summed E-state index contributed by atoms with van der Waals surface area (Å²) < 4.78 is 0. The Labute approximate surface area is 86.4 Å². The lowest BCUT2D eigenvalue weighted by molar-refractivity contribution is 0.476. The van der Waals surface area contributed by atoms with E-state index < -0.39 is 0 Å². The summed E-state index contributed by atoms with van der Waals surface area (Å²) in [6.07, 6.45) is 0.966. The Bertz CT molecular complexity index is 402. The quantitative estimate of drug-likeness (QED) is 0.752.